The van der Waals surface area contributed by atoms with Crippen molar-refractivity contribution in [1.82, 2.24) is 9.80 Å². The summed E-state index contributed by atoms with van der Waals surface area (Å²) in [5.74, 6) is -1.29. The summed E-state index contributed by atoms with van der Waals surface area (Å²) in [4.78, 5) is 48.0. The number of hydrogen-bond acceptors (Lipinski definition) is 6. The highest BCUT2D eigenvalue weighted by Crippen LogP contribution is 2.59. The van der Waals surface area contributed by atoms with Crippen LogP contribution < -0.4 is 9.64 Å². The number of fused-ring (bicyclic) bond motifs is 1. The molecule has 2 unspecified atom stereocenters. The molecular weight excluding hydrogens is 534 g/mol. The third-order valence-corrected chi connectivity index (χ3v) is 8.86. The number of anilines is 1. The number of carbonyl (C=O) groups is 3. The fourth-order valence-electron chi connectivity index (χ4n) is 7.04. The number of aliphatic hydroxyl groups excluding tert-OH is 1. The number of amides is 3. The van der Waals surface area contributed by atoms with E-state index < -0.39 is 29.6 Å². The van der Waals surface area contributed by atoms with Gasteiger partial charge in [0, 0.05) is 38.5 Å². The summed E-state index contributed by atoms with van der Waals surface area (Å²) in [5.41, 5.74) is -0.368. The Morgan fingerprint density at radius 3 is 2.48 bits per heavy atom. The molecular formula is C33H47N3O6. The van der Waals surface area contributed by atoms with Crippen LogP contribution in [0.15, 0.2) is 49.6 Å². The molecule has 0 radical (unpaired) electrons. The van der Waals surface area contributed by atoms with Crippen LogP contribution in [-0.4, -0.2) is 89.8 Å². The average molecular weight is 582 g/mol. The SMILES string of the molecule is C=CCN(CCCCC)C(=O)C1N(CCCCO)C(=O)[C@@H]2[C@@H](C(=O)N(CC=C)c3ccc(OCC)cc3)[C@H]3CCC12O3. The van der Waals surface area contributed by atoms with Crippen LogP contribution in [0.1, 0.15) is 58.8 Å². The van der Waals surface area contributed by atoms with Crippen LogP contribution in [0, 0.1) is 11.8 Å². The summed E-state index contributed by atoms with van der Waals surface area (Å²) >= 11 is 0. The zero-order valence-electron chi connectivity index (χ0n) is 25.2. The van der Waals surface area contributed by atoms with Crippen molar-refractivity contribution in [2.45, 2.75) is 76.5 Å². The number of nitrogens with zero attached hydrogens (tertiary/aromatic N) is 3. The molecule has 230 valence electrons. The predicted octanol–water partition coefficient (Wildman–Crippen LogP) is 3.96. The summed E-state index contributed by atoms with van der Waals surface area (Å²) in [5, 5.41) is 9.43. The maximum absolute atomic E-state index is 14.3. The molecule has 2 bridgehead atoms. The maximum atomic E-state index is 14.3. The standard InChI is InChI=1S/C33H47N3O6/c1-5-9-10-21-34(19-6-2)32(40)29-33-18-17-26(42-33)27(28(33)31(39)36(29)22-11-12-23-37)30(38)35(20-7-3)24-13-15-25(16-14-24)41-8-4/h6-7,13-16,26-29,37H,2-3,5,8-12,17-23H2,1,4H3/t26-,27+,28+,29?,33?/m1/s1. The third-order valence-electron chi connectivity index (χ3n) is 8.86. The van der Waals surface area contributed by atoms with Gasteiger partial charge in [-0.15, -0.1) is 13.2 Å². The predicted molar refractivity (Wildman–Crippen MR) is 162 cm³/mol. The molecule has 1 N–H and O–H groups in total. The van der Waals surface area contributed by atoms with Gasteiger partial charge in [-0.2, -0.15) is 0 Å². The second-order valence-corrected chi connectivity index (χ2v) is 11.5. The number of rotatable bonds is 17. The van der Waals surface area contributed by atoms with E-state index in [0.29, 0.717) is 63.4 Å². The van der Waals surface area contributed by atoms with E-state index in [9.17, 15) is 19.5 Å². The first-order valence-corrected chi connectivity index (χ1v) is 15.5. The van der Waals surface area contributed by atoms with Crippen molar-refractivity contribution in [2.24, 2.45) is 11.8 Å². The first kappa shape index (κ1) is 31.8. The first-order valence-electron chi connectivity index (χ1n) is 15.5. The maximum Gasteiger partial charge on any atom is 0.248 e. The van der Waals surface area contributed by atoms with Gasteiger partial charge in [-0.3, -0.25) is 14.4 Å². The lowest BCUT2D eigenvalue weighted by Gasteiger charge is -2.37. The number of benzene rings is 1. The van der Waals surface area contributed by atoms with Crippen LogP contribution in [0.25, 0.3) is 0 Å². The van der Waals surface area contributed by atoms with Crippen LogP contribution in [0.3, 0.4) is 0 Å². The van der Waals surface area contributed by atoms with Crippen LogP contribution in [-0.2, 0) is 19.1 Å². The van der Waals surface area contributed by atoms with Crippen molar-refractivity contribution >= 4 is 23.4 Å². The summed E-state index contributed by atoms with van der Waals surface area (Å²) in [7, 11) is 0. The number of hydrogen-bond donors (Lipinski definition) is 1. The van der Waals surface area contributed by atoms with Gasteiger partial charge in [0.15, 0.2) is 0 Å². The molecule has 0 saturated carbocycles. The second kappa shape index (κ2) is 14.3. The summed E-state index contributed by atoms with van der Waals surface area (Å²) in [6.07, 6.45) is 8.07. The highest BCUT2D eigenvalue weighted by Gasteiger charge is 2.74. The molecule has 3 aliphatic rings. The molecule has 3 fully saturated rings. The lowest BCUT2D eigenvalue weighted by atomic mass is 9.70. The largest absolute Gasteiger partial charge is 0.494 e. The van der Waals surface area contributed by atoms with Crippen molar-refractivity contribution < 1.29 is 29.0 Å². The molecule has 9 nitrogen and oxygen atoms in total. The first-order chi connectivity index (χ1) is 20.4. The van der Waals surface area contributed by atoms with E-state index in [0.717, 1.165) is 19.3 Å². The normalized spacial score (nSPS) is 25.8. The van der Waals surface area contributed by atoms with E-state index in [4.69, 9.17) is 9.47 Å². The van der Waals surface area contributed by atoms with E-state index in [-0.39, 0.29) is 30.9 Å². The van der Waals surface area contributed by atoms with Crippen LogP contribution in [0.5, 0.6) is 5.75 Å². The zero-order valence-corrected chi connectivity index (χ0v) is 25.2. The summed E-state index contributed by atoms with van der Waals surface area (Å²) in [6.45, 7) is 13.9. The number of carbonyl (C=O) groups excluding carboxylic acids is 3. The molecule has 3 amide bonds. The Labute approximate surface area is 250 Å². The lowest BCUT2D eigenvalue weighted by molar-refractivity contribution is -0.147. The topological polar surface area (TPSA) is 99.6 Å². The lowest BCUT2D eigenvalue weighted by Crippen LogP contribution is -2.56. The van der Waals surface area contributed by atoms with Gasteiger partial charge in [0.05, 0.1) is 24.5 Å². The van der Waals surface area contributed by atoms with Crippen LogP contribution in [0.4, 0.5) is 5.69 Å². The number of aliphatic hydroxyl groups is 1. The molecule has 4 rings (SSSR count). The summed E-state index contributed by atoms with van der Waals surface area (Å²) < 4.78 is 12.2. The van der Waals surface area contributed by atoms with Gasteiger partial charge in [-0.05, 0) is 63.3 Å². The van der Waals surface area contributed by atoms with E-state index in [1.54, 1.807) is 26.9 Å². The zero-order chi connectivity index (χ0) is 30.3. The van der Waals surface area contributed by atoms with Gasteiger partial charge in [0.2, 0.25) is 17.7 Å². The molecule has 0 aliphatic carbocycles. The van der Waals surface area contributed by atoms with Crippen LogP contribution >= 0.6 is 0 Å². The molecule has 3 heterocycles. The Hall–Kier alpha value is -3.17. The highest BCUT2D eigenvalue weighted by atomic mass is 16.5. The van der Waals surface area contributed by atoms with Crippen molar-refractivity contribution in [3.8, 4) is 5.75 Å². The minimum absolute atomic E-state index is 0.00705. The smallest absolute Gasteiger partial charge is 0.248 e. The molecule has 1 aromatic rings. The number of unbranched alkanes of at least 4 members (excludes halogenated alkanes) is 3. The molecule has 42 heavy (non-hydrogen) atoms. The quantitative estimate of drug-likeness (QED) is 0.221. The van der Waals surface area contributed by atoms with E-state index >= 15 is 0 Å². The third kappa shape index (κ3) is 5.99. The molecule has 5 atom stereocenters. The minimum atomic E-state index is -1.05. The van der Waals surface area contributed by atoms with Gasteiger partial charge in [-0.1, -0.05) is 31.9 Å². The second-order valence-electron chi connectivity index (χ2n) is 11.5. The summed E-state index contributed by atoms with van der Waals surface area (Å²) in [6, 6.07) is 6.52. The fraction of sp³-hybridized carbons (Fsp3) is 0.606. The van der Waals surface area contributed by atoms with Crippen molar-refractivity contribution in [3.05, 3.63) is 49.6 Å². The van der Waals surface area contributed by atoms with Crippen molar-refractivity contribution in [1.29, 1.82) is 0 Å². The highest BCUT2D eigenvalue weighted by molar-refractivity contribution is 6.03. The Morgan fingerprint density at radius 1 is 1.10 bits per heavy atom. The van der Waals surface area contributed by atoms with Gasteiger partial charge in [0.25, 0.3) is 0 Å². The molecule has 3 saturated heterocycles. The van der Waals surface area contributed by atoms with E-state index in [1.807, 2.05) is 31.2 Å². The van der Waals surface area contributed by atoms with Gasteiger partial charge in [0.1, 0.15) is 17.4 Å². The molecule has 1 spiro atoms. The minimum Gasteiger partial charge on any atom is -0.494 e. The van der Waals surface area contributed by atoms with Crippen molar-refractivity contribution in [2.75, 3.05) is 44.3 Å². The number of ether oxygens (including phenoxy) is 2. The molecule has 3 aliphatic heterocycles. The van der Waals surface area contributed by atoms with Gasteiger partial charge in [-0.25, -0.2) is 0 Å². The Morgan fingerprint density at radius 2 is 1.83 bits per heavy atom. The fourth-order valence-corrected chi connectivity index (χ4v) is 7.04. The molecule has 0 aromatic heterocycles. The Kier molecular flexibility index (Phi) is 10.8. The monoisotopic (exact) mass is 581 g/mol. The van der Waals surface area contributed by atoms with Crippen molar-refractivity contribution in [3.63, 3.8) is 0 Å². The van der Waals surface area contributed by atoms with E-state index in [1.165, 1.54) is 0 Å². The van der Waals surface area contributed by atoms with Crippen LogP contribution in [0.2, 0.25) is 0 Å². The Balaban J connectivity index is 1.68. The molecule has 9 heteroatoms. The molecule has 1 aromatic carbocycles. The number of likely N-dealkylation sites (tertiary alicyclic amines) is 1. The van der Waals surface area contributed by atoms with Gasteiger partial charge < -0.3 is 29.3 Å². The Bertz CT molecular complexity index is 1120. The average Bonchev–Trinajstić information content (AvgIpc) is 3.63. The van der Waals surface area contributed by atoms with Gasteiger partial charge >= 0.3 is 0 Å². The van der Waals surface area contributed by atoms with E-state index in [2.05, 4.69) is 20.1 Å².